The summed E-state index contributed by atoms with van der Waals surface area (Å²) < 4.78 is 1.05. The first-order valence-corrected chi connectivity index (χ1v) is 5.97. The van der Waals surface area contributed by atoms with Crippen molar-refractivity contribution >= 4 is 28.5 Å². The fourth-order valence-electron chi connectivity index (χ4n) is 1.73. The number of benzene rings is 1. The lowest BCUT2D eigenvalue weighted by Crippen LogP contribution is -2.29. The third-order valence-corrected chi connectivity index (χ3v) is 3.19. The van der Waals surface area contributed by atoms with Crippen molar-refractivity contribution < 1.29 is 9.90 Å². The summed E-state index contributed by atoms with van der Waals surface area (Å²) in [6, 6.07) is 7.51. The zero-order valence-electron chi connectivity index (χ0n) is 8.19. The van der Waals surface area contributed by atoms with E-state index in [9.17, 15) is 9.90 Å². The second-order valence-corrected chi connectivity index (χ2v) is 4.95. The van der Waals surface area contributed by atoms with Gasteiger partial charge in [0.2, 0.25) is 0 Å². The Balaban J connectivity index is 2.14. The van der Waals surface area contributed by atoms with Crippen LogP contribution in [0.25, 0.3) is 0 Å². The van der Waals surface area contributed by atoms with Crippen LogP contribution in [0.3, 0.4) is 0 Å². The highest BCUT2D eigenvalue weighted by Gasteiger charge is 2.25. The molecule has 1 fully saturated rings. The molecular formula is C11H12INO2. The number of amides is 1. The van der Waals surface area contributed by atoms with Gasteiger partial charge in [-0.25, -0.2) is 0 Å². The molecule has 80 valence electrons. The highest BCUT2D eigenvalue weighted by atomic mass is 127. The van der Waals surface area contributed by atoms with Gasteiger partial charge in [-0.15, -0.1) is 0 Å². The van der Waals surface area contributed by atoms with Crippen LogP contribution < -0.4 is 0 Å². The van der Waals surface area contributed by atoms with Crippen LogP contribution in [0.2, 0.25) is 0 Å². The van der Waals surface area contributed by atoms with Gasteiger partial charge >= 0.3 is 0 Å². The minimum Gasteiger partial charge on any atom is -0.391 e. The topological polar surface area (TPSA) is 40.5 Å². The molecule has 2 rings (SSSR count). The second kappa shape index (κ2) is 4.49. The molecule has 15 heavy (non-hydrogen) atoms. The highest BCUT2D eigenvalue weighted by molar-refractivity contribution is 14.1. The first-order valence-electron chi connectivity index (χ1n) is 4.90. The summed E-state index contributed by atoms with van der Waals surface area (Å²) >= 11 is 2.19. The van der Waals surface area contributed by atoms with Crippen LogP contribution in [0.1, 0.15) is 16.8 Å². The van der Waals surface area contributed by atoms with Crippen molar-refractivity contribution in [3.8, 4) is 0 Å². The van der Waals surface area contributed by atoms with E-state index in [1.807, 2.05) is 24.3 Å². The Hall–Kier alpha value is -0.620. The first-order chi connectivity index (χ1) is 7.16. The van der Waals surface area contributed by atoms with Crippen molar-refractivity contribution in [2.24, 2.45) is 0 Å². The number of aliphatic hydroxyl groups excluding tert-OH is 1. The lowest BCUT2D eigenvalue weighted by atomic mass is 10.2. The molecule has 0 unspecified atom stereocenters. The Morgan fingerprint density at radius 3 is 2.93 bits per heavy atom. The van der Waals surface area contributed by atoms with Gasteiger partial charge in [0.25, 0.3) is 5.91 Å². The summed E-state index contributed by atoms with van der Waals surface area (Å²) in [5.41, 5.74) is 0.705. The second-order valence-electron chi connectivity index (χ2n) is 3.70. The van der Waals surface area contributed by atoms with Crippen LogP contribution in [0, 0.1) is 3.57 Å². The summed E-state index contributed by atoms with van der Waals surface area (Å²) in [6.07, 6.45) is 0.340. The van der Waals surface area contributed by atoms with Crippen molar-refractivity contribution in [3.05, 3.63) is 33.4 Å². The first kappa shape index (κ1) is 10.9. The number of β-amino-alcohol motifs (C(OH)–C–C–N with tert-alkyl or cyclic N) is 1. The molecule has 1 aliphatic rings. The molecule has 1 aromatic carbocycles. The summed E-state index contributed by atoms with van der Waals surface area (Å²) in [6.45, 7) is 1.12. The minimum atomic E-state index is -0.350. The maximum absolute atomic E-state index is 12.0. The summed E-state index contributed by atoms with van der Waals surface area (Å²) in [5.74, 6) is 0.0186. The number of hydrogen-bond donors (Lipinski definition) is 1. The zero-order chi connectivity index (χ0) is 10.8. The maximum Gasteiger partial charge on any atom is 0.253 e. The normalized spacial score (nSPS) is 20.7. The Morgan fingerprint density at radius 2 is 2.33 bits per heavy atom. The highest BCUT2D eigenvalue weighted by Crippen LogP contribution is 2.15. The van der Waals surface area contributed by atoms with E-state index >= 15 is 0 Å². The predicted molar refractivity (Wildman–Crippen MR) is 65.7 cm³/mol. The van der Waals surface area contributed by atoms with Crippen molar-refractivity contribution in [1.82, 2.24) is 4.90 Å². The summed E-state index contributed by atoms with van der Waals surface area (Å²) in [5, 5.41) is 9.35. The van der Waals surface area contributed by atoms with Crippen molar-refractivity contribution in [1.29, 1.82) is 0 Å². The monoisotopic (exact) mass is 317 g/mol. The van der Waals surface area contributed by atoms with Crippen molar-refractivity contribution in [2.75, 3.05) is 13.1 Å². The van der Waals surface area contributed by atoms with Gasteiger partial charge in [-0.2, -0.15) is 0 Å². The third-order valence-electron chi connectivity index (χ3n) is 2.52. The number of hydrogen-bond acceptors (Lipinski definition) is 2. The van der Waals surface area contributed by atoms with Crippen molar-refractivity contribution in [2.45, 2.75) is 12.5 Å². The molecule has 1 aromatic rings. The molecule has 1 atom stereocenters. The molecule has 1 amide bonds. The SMILES string of the molecule is O=C(c1cccc(I)c1)N1CC[C@@H](O)C1. The van der Waals surface area contributed by atoms with Crippen molar-refractivity contribution in [3.63, 3.8) is 0 Å². The molecule has 1 heterocycles. The third kappa shape index (κ3) is 2.49. The fraction of sp³-hybridized carbons (Fsp3) is 0.364. The zero-order valence-corrected chi connectivity index (χ0v) is 10.3. The summed E-state index contributed by atoms with van der Waals surface area (Å²) in [7, 11) is 0. The van der Waals surface area contributed by atoms with E-state index in [-0.39, 0.29) is 12.0 Å². The Bertz CT molecular complexity index is 381. The number of carbonyl (C=O) groups excluding carboxylic acids is 1. The Kier molecular flexibility index (Phi) is 3.25. The molecule has 1 N–H and O–H groups in total. The van der Waals surface area contributed by atoms with Gasteiger partial charge in [-0.05, 0) is 47.2 Å². The van der Waals surface area contributed by atoms with Crippen LogP contribution in [0.15, 0.2) is 24.3 Å². The van der Waals surface area contributed by atoms with Gasteiger partial charge in [0.05, 0.1) is 6.10 Å². The van der Waals surface area contributed by atoms with E-state index < -0.39 is 0 Å². The van der Waals surface area contributed by atoms with E-state index in [0.29, 0.717) is 25.1 Å². The van der Waals surface area contributed by atoms with Crippen LogP contribution >= 0.6 is 22.6 Å². The van der Waals surface area contributed by atoms with Gasteiger partial charge < -0.3 is 10.0 Å². The van der Waals surface area contributed by atoms with Gasteiger partial charge in [-0.1, -0.05) is 6.07 Å². The maximum atomic E-state index is 12.0. The molecule has 0 saturated carbocycles. The fourth-order valence-corrected chi connectivity index (χ4v) is 2.27. The number of likely N-dealkylation sites (tertiary alicyclic amines) is 1. The van der Waals surface area contributed by atoms with E-state index in [1.54, 1.807) is 4.90 Å². The van der Waals surface area contributed by atoms with E-state index in [1.165, 1.54) is 0 Å². The van der Waals surface area contributed by atoms with Gasteiger partial charge in [0.15, 0.2) is 0 Å². The largest absolute Gasteiger partial charge is 0.391 e. The minimum absolute atomic E-state index is 0.0186. The average molecular weight is 317 g/mol. The number of rotatable bonds is 1. The number of aliphatic hydroxyl groups is 1. The molecule has 0 bridgehead atoms. The molecule has 0 spiro atoms. The smallest absolute Gasteiger partial charge is 0.253 e. The standard InChI is InChI=1S/C11H12INO2/c12-9-3-1-2-8(6-9)11(15)13-5-4-10(14)7-13/h1-3,6,10,14H,4-5,7H2/t10-/m1/s1. The molecule has 3 nitrogen and oxygen atoms in total. The van der Waals surface area contributed by atoms with E-state index in [2.05, 4.69) is 22.6 Å². The van der Waals surface area contributed by atoms with Gasteiger partial charge in [-0.3, -0.25) is 4.79 Å². The lowest BCUT2D eigenvalue weighted by Gasteiger charge is -2.15. The molecular weight excluding hydrogens is 305 g/mol. The van der Waals surface area contributed by atoms with Gasteiger partial charge in [0.1, 0.15) is 0 Å². The van der Waals surface area contributed by atoms with Crippen LogP contribution in [0.5, 0.6) is 0 Å². The predicted octanol–water partition coefficient (Wildman–Crippen LogP) is 1.50. The Morgan fingerprint density at radius 1 is 1.53 bits per heavy atom. The van der Waals surface area contributed by atoms with Crippen LogP contribution in [0.4, 0.5) is 0 Å². The van der Waals surface area contributed by atoms with E-state index in [0.717, 1.165) is 3.57 Å². The van der Waals surface area contributed by atoms with Crippen LogP contribution in [-0.4, -0.2) is 35.1 Å². The summed E-state index contributed by atoms with van der Waals surface area (Å²) in [4.78, 5) is 13.7. The Labute approximate surface area is 102 Å². The molecule has 4 heteroatoms. The molecule has 1 aliphatic heterocycles. The molecule has 0 aliphatic carbocycles. The van der Waals surface area contributed by atoms with Crippen LogP contribution in [-0.2, 0) is 0 Å². The quantitative estimate of drug-likeness (QED) is 0.798. The number of nitrogens with zero attached hydrogens (tertiary/aromatic N) is 1. The molecule has 0 radical (unpaired) electrons. The molecule has 1 saturated heterocycles. The van der Waals surface area contributed by atoms with E-state index in [4.69, 9.17) is 0 Å². The lowest BCUT2D eigenvalue weighted by molar-refractivity contribution is 0.0765. The molecule has 0 aromatic heterocycles. The number of halogens is 1. The average Bonchev–Trinajstić information content (AvgIpc) is 2.64. The van der Waals surface area contributed by atoms with Gasteiger partial charge in [0, 0.05) is 22.2 Å². The number of carbonyl (C=O) groups is 1.